The number of carbonyl (C=O) groups excluding carboxylic acids is 2. The van der Waals surface area contributed by atoms with Crippen LogP contribution in [-0.4, -0.2) is 23.9 Å². The fourth-order valence-corrected chi connectivity index (χ4v) is 3.71. The first-order valence-electron chi connectivity index (χ1n) is 7.98. The summed E-state index contributed by atoms with van der Waals surface area (Å²) in [6.45, 7) is 0. The summed E-state index contributed by atoms with van der Waals surface area (Å²) >= 11 is 0. The normalized spacial score (nSPS) is 26.5. The van der Waals surface area contributed by atoms with Crippen molar-refractivity contribution in [1.82, 2.24) is 5.32 Å². The second kappa shape index (κ2) is 4.86. The molecule has 4 heteroatoms. The summed E-state index contributed by atoms with van der Waals surface area (Å²) in [6, 6.07) is 7.46. The number of amides is 2. The Morgan fingerprint density at radius 2 is 1.71 bits per heavy atom. The third-order valence-corrected chi connectivity index (χ3v) is 4.98. The molecular formula is C17H20N2O2. The van der Waals surface area contributed by atoms with Crippen molar-refractivity contribution in [1.29, 1.82) is 0 Å². The molecule has 21 heavy (non-hydrogen) atoms. The number of nitrogens with zero attached hydrogens (tertiary/aromatic N) is 1. The van der Waals surface area contributed by atoms with Gasteiger partial charge in [-0.25, -0.2) is 0 Å². The lowest BCUT2D eigenvalue weighted by Gasteiger charge is -2.30. The monoisotopic (exact) mass is 284 g/mol. The van der Waals surface area contributed by atoms with Gasteiger partial charge in [0, 0.05) is 6.04 Å². The SMILES string of the molecule is O=C1NC(C2CC2)C(=O)N(C2CCCC2)c2ccccc21. The molecule has 1 aromatic carbocycles. The van der Waals surface area contributed by atoms with Crippen LogP contribution < -0.4 is 10.2 Å². The Morgan fingerprint density at radius 3 is 2.43 bits per heavy atom. The van der Waals surface area contributed by atoms with Gasteiger partial charge in [0.05, 0.1) is 11.3 Å². The van der Waals surface area contributed by atoms with Crippen molar-refractivity contribution in [3.8, 4) is 0 Å². The smallest absolute Gasteiger partial charge is 0.254 e. The Kier molecular flexibility index (Phi) is 2.98. The van der Waals surface area contributed by atoms with Crippen LogP contribution >= 0.6 is 0 Å². The van der Waals surface area contributed by atoms with Gasteiger partial charge in [0.15, 0.2) is 0 Å². The van der Waals surface area contributed by atoms with Crippen LogP contribution in [0, 0.1) is 5.92 Å². The number of anilines is 1. The molecule has 4 rings (SSSR count). The largest absolute Gasteiger partial charge is 0.340 e. The van der Waals surface area contributed by atoms with E-state index < -0.39 is 0 Å². The van der Waals surface area contributed by atoms with Crippen LogP contribution in [-0.2, 0) is 4.79 Å². The maximum Gasteiger partial charge on any atom is 0.254 e. The Balaban J connectivity index is 1.80. The van der Waals surface area contributed by atoms with Gasteiger partial charge in [-0.2, -0.15) is 0 Å². The number of benzene rings is 1. The summed E-state index contributed by atoms with van der Waals surface area (Å²) in [4.78, 5) is 27.4. The first kappa shape index (κ1) is 12.9. The molecule has 2 fully saturated rings. The van der Waals surface area contributed by atoms with Gasteiger partial charge in [-0.05, 0) is 43.7 Å². The summed E-state index contributed by atoms with van der Waals surface area (Å²) in [5, 5.41) is 2.97. The average Bonchev–Trinajstić information content (AvgIpc) is 3.22. The van der Waals surface area contributed by atoms with E-state index in [1.807, 2.05) is 29.2 Å². The molecule has 2 aliphatic carbocycles. The van der Waals surface area contributed by atoms with E-state index in [-0.39, 0.29) is 23.9 Å². The molecule has 0 bridgehead atoms. The van der Waals surface area contributed by atoms with Crippen LogP contribution in [0.25, 0.3) is 0 Å². The first-order chi connectivity index (χ1) is 10.3. The number of para-hydroxylation sites is 1. The van der Waals surface area contributed by atoms with E-state index in [9.17, 15) is 9.59 Å². The minimum absolute atomic E-state index is 0.0997. The molecule has 1 aromatic rings. The summed E-state index contributed by atoms with van der Waals surface area (Å²) in [7, 11) is 0. The molecule has 3 aliphatic rings. The Hall–Kier alpha value is -1.84. The maximum atomic E-state index is 13.0. The summed E-state index contributed by atoms with van der Waals surface area (Å²) < 4.78 is 0. The second-order valence-electron chi connectivity index (χ2n) is 6.45. The third-order valence-electron chi connectivity index (χ3n) is 4.98. The van der Waals surface area contributed by atoms with Crippen LogP contribution in [0.4, 0.5) is 5.69 Å². The van der Waals surface area contributed by atoms with Crippen molar-refractivity contribution < 1.29 is 9.59 Å². The Bertz CT molecular complexity index is 588. The summed E-state index contributed by atoms with van der Waals surface area (Å²) in [5.74, 6) is 0.332. The molecule has 0 radical (unpaired) electrons. The number of hydrogen-bond acceptors (Lipinski definition) is 2. The van der Waals surface area contributed by atoms with Crippen molar-refractivity contribution in [2.45, 2.75) is 50.6 Å². The topological polar surface area (TPSA) is 49.4 Å². The number of carbonyl (C=O) groups is 2. The molecule has 1 heterocycles. The molecule has 0 spiro atoms. The lowest BCUT2D eigenvalue weighted by molar-refractivity contribution is -0.121. The van der Waals surface area contributed by atoms with E-state index in [0.717, 1.165) is 31.4 Å². The first-order valence-corrected chi connectivity index (χ1v) is 7.98. The van der Waals surface area contributed by atoms with E-state index in [4.69, 9.17) is 0 Å². The van der Waals surface area contributed by atoms with Gasteiger partial charge in [-0.3, -0.25) is 9.59 Å². The molecule has 1 aliphatic heterocycles. The van der Waals surface area contributed by atoms with Crippen molar-refractivity contribution >= 4 is 17.5 Å². The summed E-state index contributed by atoms with van der Waals surface area (Å²) in [6.07, 6.45) is 6.53. The average molecular weight is 284 g/mol. The predicted octanol–water partition coefficient (Wildman–Crippen LogP) is 2.48. The molecule has 1 N–H and O–H groups in total. The molecule has 0 aromatic heterocycles. The molecule has 2 saturated carbocycles. The zero-order valence-electron chi connectivity index (χ0n) is 12.0. The minimum atomic E-state index is -0.328. The highest BCUT2D eigenvalue weighted by molar-refractivity contribution is 6.11. The zero-order valence-corrected chi connectivity index (χ0v) is 12.0. The van der Waals surface area contributed by atoms with Crippen molar-refractivity contribution in [2.24, 2.45) is 5.92 Å². The molecule has 110 valence electrons. The van der Waals surface area contributed by atoms with Gasteiger partial charge < -0.3 is 10.2 Å². The fourth-order valence-electron chi connectivity index (χ4n) is 3.71. The molecule has 1 unspecified atom stereocenters. The van der Waals surface area contributed by atoms with Gasteiger partial charge in [0.2, 0.25) is 5.91 Å². The van der Waals surface area contributed by atoms with Crippen LogP contribution in [0.2, 0.25) is 0 Å². The Labute approximate surface area is 124 Å². The highest BCUT2D eigenvalue weighted by Gasteiger charge is 2.44. The van der Waals surface area contributed by atoms with Crippen LogP contribution in [0.5, 0.6) is 0 Å². The summed E-state index contributed by atoms with van der Waals surface area (Å²) in [5.41, 5.74) is 1.44. The van der Waals surface area contributed by atoms with Gasteiger partial charge in [-0.15, -0.1) is 0 Å². The Morgan fingerprint density at radius 1 is 1.00 bits per heavy atom. The molecule has 4 nitrogen and oxygen atoms in total. The van der Waals surface area contributed by atoms with Gasteiger partial charge >= 0.3 is 0 Å². The van der Waals surface area contributed by atoms with Gasteiger partial charge in [0.1, 0.15) is 6.04 Å². The quantitative estimate of drug-likeness (QED) is 0.907. The standard InChI is InChI=1S/C17H20N2O2/c20-16-13-7-3-4-8-14(13)19(12-5-1-2-6-12)17(21)15(18-16)11-9-10-11/h3-4,7-8,11-12,15H,1-2,5-6,9-10H2,(H,18,20). The van der Waals surface area contributed by atoms with Crippen molar-refractivity contribution in [2.75, 3.05) is 4.90 Å². The second-order valence-corrected chi connectivity index (χ2v) is 6.45. The lowest BCUT2D eigenvalue weighted by atomic mass is 10.1. The van der Waals surface area contributed by atoms with E-state index >= 15 is 0 Å². The van der Waals surface area contributed by atoms with E-state index in [1.54, 1.807) is 0 Å². The molecule has 1 atom stereocenters. The highest BCUT2D eigenvalue weighted by atomic mass is 16.2. The zero-order chi connectivity index (χ0) is 14.4. The van der Waals surface area contributed by atoms with Crippen LogP contribution in [0.1, 0.15) is 48.9 Å². The van der Waals surface area contributed by atoms with E-state index in [2.05, 4.69) is 5.32 Å². The fraction of sp³-hybridized carbons (Fsp3) is 0.529. The number of hydrogen-bond donors (Lipinski definition) is 1. The third kappa shape index (κ3) is 2.13. The lowest BCUT2D eigenvalue weighted by Crippen LogP contribution is -2.50. The molecular weight excluding hydrogens is 264 g/mol. The van der Waals surface area contributed by atoms with E-state index in [0.29, 0.717) is 11.5 Å². The van der Waals surface area contributed by atoms with Gasteiger partial charge in [0.25, 0.3) is 5.91 Å². The van der Waals surface area contributed by atoms with Crippen LogP contribution in [0.3, 0.4) is 0 Å². The van der Waals surface area contributed by atoms with Crippen molar-refractivity contribution in [3.05, 3.63) is 29.8 Å². The van der Waals surface area contributed by atoms with E-state index in [1.165, 1.54) is 12.8 Å². The predicted molar refractivity (Wildman–Crippen MR) is 80.2 cm³/mol. The highest BCUT2D eigenvalue weighted by Crippen LogP contribution is 2.38. The maximum absolute atomic E-state index is 13.0. The van der Waals surface area contributed by atoms with Crippen molar-refractivity contribution in [3.63, 3.8) is 0 Å². The van der Waals surface area contributed by atoms with Gasteiger partial charge in [-0.1, -0.05) is 25.0 Å². The minimum Gasteiger partial charge on any atom is -0.340 e. The molecule has 0 saturated heterocycles. The molecule has 2 amide bonds. The number of nitrogens with one attached hydrogen (secondary N) is 1. The number of fused-ring (bicyclic) bond motifs is 1. The van der Waals surface area contributed by atoms with Crippen LogP contribution in [0.15, 0.2) is 24.3 Å². The number of rotatable bonds is 2.